The topological polar surface area (TPSA) is 37.4 Å². The fraction of sp³-hybridized carbons (Fsp3) is 0.158. The molecule has 0 amide bonds. The molecule has 0 radical (unpaired) electrons. The van der Waals surface area contributed by atoms with Crippen molar-refractivity contribution >= 4 is 16.1 Å². The predicted molar refractivity (Wildman–Crippen MR) is 93.1 cm³/mol. The summed E-state index contributed by atoms with van der Waals surface area (Å²) in [5, 5.41) is 0. The molecular weight excluding hydrogens is 306 g/mol. The second-order valence-corrected chi connectivity index (χ2v) is 7.37. The van der Waals surface area contributed by atoms with Crippen molar-refractivity contribution in [1.29, 1.82) is 0 Å². The van der Waals surface area contributed by atoms with Crippen LogP contribution in [0.2, 0.25) is 0 Å². The van der Waals surface area contributed by atoms with Crippen LogP contribution in [-0.4, -0.2) is 19.3 Å². The van der Waals surface area contributed by atoms with Gasteiger partial charge >= 0.3 is 0 Å². The van der Waals surface area contributed by atoms with Crippen LogP contribution in [0.5, 0.6) is 0 Å². The van der Waals surface area contributed by atoms with Crippen LogP contribution in [0.15, 0.2) is 83.4 Å². The molecular formula is C19H19NO2S. The fourth-order valence-electron chi connectivity index (χ4n) is 2.56. The van der Waals surface area contributed by atoms with E-state index in [2.05, 4.69) is 0 Å². The summed E-state index contributed by atoms with van der Waals surface area (Å²) < 4.78 is 26.8. The lowest BCUT2D eigenvalue weighted by Gasteiger charge is -2.25. The molecule has 2 aromatic carbocycles. The largest absolute Gasteiger partial charge is 0.273 e. The van der Waals surface area contributed by atoms with Gasteiger partial charge in [0.1, 0.15) is 0 Å². The molecule has 0 aliphatic carbocycles. The Kier molecular flexibility index (Phi) is 4.63. The third kappa shape index (κ3) is 3.71. The summed E-state index contributed by atoms with van der Waals surface area (Å²) in [5.74, 6) is 0. The summed E-state index contributed by atoms with van der Waals surface area (Å²) in [6, 6.07) is 18.6. The summed E-state index contributed by atoms with van der Waals surface area (Å²) >= 11 is 0. The fourth-order valence-corrected chi connectivity index (χ4v) is 3.98. The lowest BCUT2D eigenvalue weighted by Crippen LogP contribution is -2.29. The second kappa shape index (κ2) is 6.84. The van der Waals surface area contributed by atoms with Gasteiger partial charge in [-0.25, -0.2) is 8.42 Å². The smallest absolute Gasteiger partial charge is 0.263 e. The van der Waals surface area contributed by atoms with Crippen molar-refractivity contribution in [3.8, 4) is 0 Å². The summed E-state index contributed by atoms with van der Waals surface area (Å²) in [6.07, 6.45) is 7.50. The molecule has 0 bridgehead atoms. The highest BCUT2D eigenvalue weighted by atomic mass is 32.2. The van der Waals surface area contributed by atoms with Gasteiger partial charge in [0, 0.05) is 12.7 Å². The number of hydrogen-bond donors (Lipinski definition) is 0. The van der Waals surface area contributed by atoms with Gasteiger partial charge in [0.25, 0.3) is 10.0 Å². The first-order valence-electron chi connectivity index (χ1n) is 7.67. The number of hydrogen-bond acceptors (Lipinski definition) is 2. The van der Waals surface area contributed by atoms with Gasteiger partial charge < -0.3 is 0 Å². The summed E-state index contributed by atoms with van der Waals surface area (Å²) in [6.45, 7) is 0.528. The molecule has 1 aliphatic rings. The van der Waals surface area contributed by atoms with Crippen LogP contribution < -0.4 is 0 Å². The molecule has 3 nitrogen and oxygen atoms in total. The van der Waals surface area contributed by atoms with Gasteiger partial charge in [-0.1, -0.05) is 60.7 Å². The van der Waals surface area contributed by atoms with Crippen LogP contribution in [0.3, 0.4) is 0 Å². The van der Waals surface area contributed by atoms with Crippen molar-refractivity contribution in [2.24, 2.45) is 0 Å². The van der Waals surface area contributed by atoms with Crippen LogP contribution in [0.1, 0.15) is 18.4 Å². The van der Waals surface area contributed by atoms with E-state index in [4.69, 9.17) is 0 Å². The molecule has 0 saturated heterocycles. The van der Waals surface area contributed by atoms with Gasteiger partial charge in [-0.05, 0) is 36.1 Å². The Hall–Kier alpha value is -2.33. The minimum absolute atomic E-state index is 0.338. The van der Waals surface area contributed by atoms with Gasteiger partial charge in [0.2, 0.25) is 0 Å². The summed E-state index contributed by atoms with van der Waals surface area (Å²) in [4.78, 5) is 0.338. The molecule has 1 heterocycles. The van der Waals surface area contributed by atoms with Crippen molar-refractivity contribution in [3.05, 3.63) is 84.1 Å². The minimum Gasteiger partial charge on any atom is -0.273 e. The van der Waals surface area contributed by atoms with Gasteiger partial charge in [-0.15, -0.1) is 0 Å². The quantitative estimate of drug-likeness (QED) is 0.850. The Labute approximate surface area is 137 Å². The van der Waals surface area contributed by atoms with E-state index in [1.165, 1.54) is 4.31 Å². The molecule has 0 atom stereocenters. The Bertz CT molecular complexity index is 809. The van der Waals surface area contributed by atoms with Crippen LogP contribution in [-0.2, 0) is 10.0 Å². The highest BCUT2D eigenvalue weighted by Crippen LogP contribution is 2.23. The van der Waals surface area contributed by atoms with Crippen molar-refractivity contribution in [3.63, 3.8) is 0 Å². The molecule has 0 aromatic heterocycles. The number of nitrogens with zero attached hydrogens (tertiary/aromatic N) is 1. The molecule has 1 aliphatic heterocycles. The zero-order chi connectivity index (χ0) is 16.1. The number of sulfonamides is 1. The van der Waals surface area contributed by atoms with E-state index in [9.17, 15) is 8.42 Å². The van der Waals surface area contributed by atoms with E-state index >= 15 is 0 Å². The van der Waals surface area contributed by atoms with Crippen LogP contribution >= 0.6 is 0 Å². The first kappa shape index (κ1) is 15.6. The molecule has 23 heavy (non-hydrogen) atoms. The SMILES string of the molecule is O=S(=O)(c1ccccc1)N1C=C(/C=C/c2ccccc2)CCC1. The van der Waals surface area contributed by atoms with Crippen molar-refractivity contribution in [2.45, 2.75) is 17.7 Å². The maximum Gasteiger partial charge on any atom is 0.263 e. The zero-order valence-corrected chi connectivity index (χ0v) is 13.6. The van der Waals surface area contributed by atoms with E-state index < -0.39 is 10.0 Å². The molecule has 0 saturated carbocycles. The van der Waals surface area contributed by atoms with Crippen molar-refractivity contribution < 1.29 is 8.42 Å². The van der Waals surface area contributed by atoms with E-state index in [0.717, 1.165) is 24.0 Å². The van der Waals surface area contributed by atoms with E-state index in [1.807, 2.05) is 48.6 Å². The monoisotopic (exact) mass is 325 g/mol. The zero-order valence-electron chi connectivity index (χ0n) is 12.8. The van der Waals surface area contributed by atoms with Crippen molar-refractivity contribution in [2.75, 3.05) is 6.54 Å². The summed E-state index contributed by atoms with van der Waals surface area (Å²) in [7, 11) is -3.45. The number of allylic oxidation sites excluding steroid dienone is 2. The number of benzene rings is 2. The summed E-state index contributed by atoms with van der Waals surface area (Å²) in [5.41, 5.74) is 2.14. The average Bonchev–Trinajstić information content (AvgIpc) is 2.62. The first-order valence-corrected chi connectivity index (χ1v) is 9.11. The first-order chi connectivity index (χ1) is 11.2. The normalized spacial score (nSPS) is 15.7. The Morgan fingerprint density at radius 2 is 1.52 bits per heavy atom. The Balaban J connectivity index is 1.83. The molecule has 0 fully saturated rings. The standard InChI is InChI=1S/C19H19NO2S/c21-23(22,19-11-5-2-6-12-19)20-15-7-10-18(16-20)14-13-17-8-3-1-4-9-17/h1-6,8-9,11-14,16H,7,10,15H2/b14-13+. The van der Waals surface area contributed by atoms with Gasteiger partial charge in [-0.3, -0.25) is 4.31 Å². The predicted octanol–water partition coefficient (Wildman–Crippen LogP) is 4.07. The third-order valence-electron chi connectivity index (χ3n) is 3.79. The lowest BCUT2D eigenvalue weighted by atomic mass is 10.1. The van der Waals surface area contributed by atoms with E-state index in [-0.39, 0.29) is 0 Å². The number of rotatable bonds is 4. The Morgan fingerprint density at radius 3 is 2.22 bits per heavy atom. The van der Waals surface area contributed by atoms with Crippen LogP contribution in [0.25, 0.3) is 6.08 Å². The van der Waals surface area contributed by atoms with Gasteiger partial charge in [0.05, 0.1) is 4.90 Å². The highest BCUT2D eigenvalue weighted by Gasteiger charge is 2.23. The molecule has 0 spiro atoms. The van der Waals surface area contributed by atoms with E-state index in [0.29, 0.717) is 11.4 Å². The van der Waals surface area contributed by atoms with Crippen LogP contribution in [0, 0.1) is 0 Å². The lowest BCUT2D eigenvalue weighted by molar-refractivity contribution is 0.471. The van der Waals surface area contributed by atoms with Crippen molar-refractivity contribution in [1.82, 2.24) is 4.31 Å². The maximum atomic E-state index is 12.7. The molecule has 3 rings (SSSR count). The van der Waals surface area contributed by atoms with E-state index in [1.54, 1.807) is 30.5 Å². The minimum atomic E-state index is -3.45. The highest BCUT2D eigenvalue weighted by molar-refractivity contribution is 7.89. The second-order valence-electron chi connectivity index (χ2n) is 5.48. The van der Waals surface area contributed by atoms with Gasteiger partial charge in [0.15, 0.2) is 0 Å². The molecule has 0 N–H and O–H groups in total. The maximum absolute atomic E-state index is 12.7. The molecule has 4 heteroatoms. The van der Waals surface area contributed by atoms with Crippen LogP contribution in [0.4, 0.5) is 0 Å². The average molecular weight is 325 g/mol. The molecule has 2 aromatic rings. The molecule has 118 valence electrons. The molecule has 0 unspecified atom stereocenters. The third-order valence-corrected chi connectivity index (χ3v) is 5.57. The Morgan fingerprint density at radius 1 is 0.870 bits per heavy atom. The van der Waals surface area contributed by atoms with Gasteiger partial charge in [-0.2, -0.15) is 0 Å².